The van der Waals surface area contributed by atoms with Crippen molar-refractivity contribution in [3.63, 3.8) is 0 Å². The molecule has 0 unspecified atom stereocenters. The monoisotopic (exact) mass is 276 g/mol. The molecule has 2 aliphatic carbocycles. The van der Waals surface area contributed by atoms with Gasteiger partial charge in [0.2, 0.25) is 0 Å². The van der Waals surface area contributed by atoms with Gasteiger partial charge in [0.25, 0.3) is 0 Å². The van der Waals surface area contributed by atoms with Crippen LogP contribution in [-0.4, -0.2) is 42.4 Å². The van der Waals surface area contributed by atoms with E-state index in [0.29, 0.717) is 30.6 Å². The van der Waals surface area contributed by atoms with Crippen LogP contribution in [0.15, 0.2) is 6.07 Å². The number of carbonyl (C=O) groups is 1. The zero-order valence-corrected chi connectivity index (χ0v) is 11.8. The molecule has 1 aromatic rings. The van der Waals surface area contributed by atoms with Crippen molar-refractivity contribution in [1.29, 1.82) is 0 Å². The molecule has 0 spiro atoms. The molecule has 0 radical (unpaired) electrons. The number of pyridine rings is 1. The molecule has 1 aromatic heterocycles. The minimum absolute atomic E-state index is 0.341. The lowest BCUT2D eigenvalue weighted by molar-refractivity contribution is 0.0697. The molecule has 3 rings (SSSR count). The van der Waals surface area contributed by atoms with Gasteiger partial charge in [-0.25, -0.2) is 9.78 Å². The summed E-state index contributed by atoms with van der Waals surface area (Å²) >= 11 is 0. The van der Waals surface area contributed by atoms with E-state index in [1.165, 1.54) is 0 Å². The lowest BCUT2D eigenvalue weighted by atomic mass is 10.1. The van der Waals surface area contributed by atoms with Crippen molar-refractivity contribution in [3.05, 3.63) is 22.9 Å². The minimum Gasteiger partial charge on any atom is -0.478 e. The Balaban J connectivity index is 1.98. The van der Waals surface area contributed by atoms with E-state index in [1.54, 1.807) is 7.11 Å². The number of aromatic carboxylic acids is 1. The summed E-state index contributed by atoms with van der Waals surface area (Å²) in [7, 11) is 1.67. The molecule has 0 saturated heterocycles. The fraction of sp³-hybridized carbons (Fsp3) is 0.600. The van der Waals surface area contributed by atoms with Crippen LogP contribution < -0.4 is 4.90 Å². The number of anilines is 1. The van der Waals surface area contributed by atoms with Crippen LogP contribution in [0.25, 0.3) is 0 Å². The van der Waals surface area contributed by atoms with Crippen molar-refractivity contribution in [3.8, 4) is 0 Å². The summed E-state index contributed by atoms with van der Waals surface area (Å²) in [5.41, 5.74) is 2.52. The van der Waals surface area contributed by atoms with Crippen LogP contribution in [0.2, 0.25) is 0 Å². The molecule has 1 N–H and O–H groups in total. The molecule has 5 nitrogen and oxygen atoms in total. The minimum atomic E-state index is -0.884. The predicted molar refractivity (Wildman–Crippen MR) is 75.5 cm³/mol. The summed E-state index contributed by atoms with van der Waals surface area (Å²) < 4.78 is 5.15. The van der Waals surface area contributed by atoms with Crippen LogP contribution in [0.4, 0.5) is 5.82 Å². The Bertz CT molecular complexity index is 526. The molecule has 2 aliphatic rings. The summed E-state index contributed by atoms with van der Waals surface area (Å²) in [6, 6.07) is 2.25. The van der Waals surface area contributed by atoms with Crippen molar-refractivity contribution in [2.45, 2.75) is 38.1 Å². The van der Waals surface area contributed by atoms with Gasteiger partial charge in [0.05, 0.1) is 6.61 Å². The van der Waals surface area contributed by atoms with Gasteiger partial charge < -0.3 is 14.7 Å². The number of methoxy groups -OCH3 is 1. The van der Waals surface area contributed by atoms with E-state index < -0.39 is 5.97 Å². The predicted octanol–water partition coefficient (Wildman–Crippen LogP) is 1.88. The number of carboxylic acid groups (broad SMARTS) is 1. The van der Waals surface area contributed by atoms with Crippen LogP contribution >= 0.6 is 0 Å². The van der Waals surface area contributed by atoms with E-state index in [4.69, 9.17) is 4.74 Å². The Labute approximate surface area is 118 Å². The topological polar surface area (TPSA) is 62.7 Å². The van der Waals surface area contributed by atoms with Crippen LogP contribution in [0.1, 0.15) is 40.9 Å². The zero-order chi connectivity index (χ0) is 14.1. The molecule has 1 fully saturated rings. The highest BCUT2D eigenvalue weighted by atomic mass is 16.5. The first-order valence-corrected chi connectivity index (χ1v) is 7.22. The number of hydrogen-bond acceptors (Lipinski definition) is 4. The Morgan fingerprint density at radius 1 is 1.50 bits per heavy atom. The van der Waals surface area contributed by atoms with Crippen molar-refractivity contribution < 1.29 is 14.6 Å². The summed E-state index contributed by atoms with van der Waals surface area (Å²) in [5, 5.41) is 9.48. The van der Waals surface area contributed by atoms with E-state index in [-0.39, 0.29) is 0 Å². The quantitative estimate of drug-likeness (QED) is 0.859. The number of aromatic nitrogens is 1. The van der Waals surface area contributed by atoms with Crippen molar-refractivity contribution >= 4 is 11.8 Å². The molecule has 20 heavy (non-hydrogen) atoms. The first-order valence-electron chi connectivity index (χ1n) is 7.22. The average molecular weight is 276 g/mol. The van der Waals surface area contributed by atoms with Gasteiger partial charge in [-0.3, -0.25) is 0 Å². The summed E-state index contributed by atoms with van der Waals surface area (Å²) in [6.45, 7) is 1.29. The van der Waals surface area contributed by atoms with Crippen LogP contribution in [0.5, 0.6) is 0 Å². The molecule has 0 aliphatic heterocycles. The van der Waals surface area contributed by atoms with E-state index in [0.717, 1.165) is 43.4 Å². The Morgan fingerprint density at radius 3 is 2.95 bits per heavy atom. The lowest BCUT2D eigenvalue weighted by Crippen LogP contribution is -2.32. The van der Waals surface area contributed by atoms with Crippen LogP contribution in [0, 0.1) is 0 Å². The third-order valence-electron chi connectivity index (χ3n) is 4.06. The zero-order valence-electron chi connectivity index (χ0n) is 11.8. The Morgan fingerprint density at radius 2 is 2.30 bits per heavy atom. The lowest BCUT2D eigenvalue weighted by Gasteiger charge is -2.25. The van der Waals surface area contributed by atoms with Gasteiger partial charge in [0, 0.05) is 25.4 Å². The number of carboxylic acids is 1. The molecule has 1 heterocycles. The second kappa shape index (κ2) is 5.40. The highest BCUT2D eigenvalue weighted by molar-refractivity contribution is 5.94. The van der Waals surface area contributed by atoms with Crippen LogP contribution in [-0.2, 0) is 17.6 Å². The molecule has 5 heteroatoms. The summed E-state index contributed by atoms with van der Waals surface area (Å²) in [5.74, 6) is -0.247. The van der Waals surface area contributed by atoms with Crippen LogP contribution in [0.3, 0.4) is 0 Å². The average Bonchev–Trinajstić information content (AvgIpc) is 3.16. The van der Waals surface area contributed by atoms with Gasteiger partial charge in [-0.1, -0.05) is 0 Å². The van der Waals surface area contributed by atoms with E-state index in [1.807, 2.05) is 6.07 Å². The number of nitrogens with zero attached hydrogens (tertiary/aromatic N) is 2. The largest absolute Gasteiger partial charge is 0.478 e. The third-order valence-corrected chi connectivity index (χ3v) is 4.06. The van der Waals surface area contributed by atoms with Crippen molar-refractivity contribution in [1.82, 2.24) is 4.98 Å². The maximum atomic E-state index is 11.5. The second-order valence-corrected chi connectivity index (χ2v) is 5.54. The number of aryl methyl sites for hydroxylation is 2. The number of fused-ring (bicyclic) bond motifs is 1. The maximum absolute atomic E-state index is 11.5. The van der Waals surface area contributed by atoms with Gasteiger partial charge in [-0.15, -0.1) is 0 Å². The standard InChI is InChI=1S/C15H20N2O3/c1-20-8-7-17(11-5-6-11)14-12(15(18)19)9-10-3-2-4-13(10)16-14/h9,11H,2-8H2,1H3,(H,18,19). The molecule has 0 amide bonds. The van der Waals surface area contributed by atoms with Gasteiger partial charge in [-0.2, -0.15) is 0 Å². The molecule has 0 bridgehead atoms. The number of hydrogen-bond donors (Lipinski definition) is 1. The molecular formula is C15H20N2O3. The highest BCUT2D eigenvalue weighted by Crippen LogP contribution is 2.34. The normalized spacial score (nSPS) is 17.1. The fourth-order valence-corrected chi connectivity index (χ4v) is 2.87. The van der Waals surface area contributed by atoms with Gasteiger partial charge >= 0.3 is 5.97 Å². The van der Waals surface area contributed by atoms with E-state index in [2.05, 4.69) is 9.88 Å². The smallest absolute Gasteiger partial charge is 0.339 e. The Kier molecular flexibility index (Phi) is 3.61. The molecule has 0 aromatic carbocycles. The van der Waals surface area contributed by atoms with Gasteiger partial charge in [-0.05, 0) is 43.7 Å². The van der Waals surface area contributed by atoms with Crippen molar-refractivity contribution in [2.24, 2.45) is 0 Å². The van der Waals surface area contributed by atoms with E-state index in [9.17, 15) is 9.90 Å². The summed E-state index contributed by atoms with van der Waals surface area (Å²) in [6.07, 6.45) is 5.21. The fourth-order valence-electron chi connectivity index (χ4n) is 2.87. The molecular weight excluding hydrogens is 256 g/mol. The highest BCUT2D eigenvalue weighted by Gasteiger charge is 2.33. The Hall–Kier alpha value is -1.62. The SMILES string of the molecule is COCCN(c1nc2c(cc1C(=O)O)CCC2)C1CC1. The maximum Gasteiger partial charge on any atom is 0.339 e. The van der Waals surface area contributed by atoms with Gasteiger partial charge in [0.1, 0.15) is 11.4 Å². The number of ether oxygens (including phenoxy) is 1. The van der Waals surface area contributed by atoms with E-state index >= 15 is 0 Å². The first kappa shape index (κ1) is 13.4. The first-order chi connectivity index (χ1) is 9.70. The molecule has 0 atom stereocenters. The van der Waals surface area contributed by atoms with Gasteiger partial charge in [0.15, 0.2) is 0 Å². The molecule has 108 valence electrons. The molecule has 1 saturated carbocycles. The third kappa shape index (κ3) is 2.50. The number of rotatable bonds is 6. The summed E-state index contributed by atoms with van der Waals surface area (Å²) in [4.78, 5) is 18.3. The van der Waals surface area contributed by atoms with Crippen molar-refractivity contribution in [2.75, 3.05) is 25.2 Å². The second-order valence-electron chi connectivity index (χ2n) is 5.54.